The lowest BCUT2D eigenvalue weighted by Crippen LogP contribution is -2.46. The van der Waals surface area contributed by atoms with Crippen molar-refractivity contribution < 1.29 is 32.3 Å². The molecule has 0 radical (unpaired) electrons. The Labute approximate surface area is 261 Å². The van der Waals surface area contributed by atoms with Gasteiger partial charge in [0, 0.05) is 47.9 Å². The number of fused-ring (bicyclic) bond motifs is 2. The minimum absolute atomic E-state index is 0.0541. The molecule has 212 valence electrons. The fourth-order valence-electron chi connectivity index (χ4n) is 4.67. The molecule has 2 aromatic rings. The number of hydrogen-bond donors (Lipinski definition) is 0. The fraction of sp³-hybridized carbons (Fsp3) is 0.310. The molecule has 4 rings (SSSR count). The van der Waals surface area contributed by atoms with Crippen LogP contribution in [0.2, 0.25) is 6.04 Å². The topological polar surface area (TPSA) is 107 Å². The maximum atomic E-state index is 12.5. The molecule has 2 aromatic carbocycles. The van der Waals surface area contributed by atoms with Gasteiger partial charge < -0.3 is 32.3 Å². The molecule has 0 saturated carbocycles. The average Bonchev–Trinajstić information content (AvgIpc) is 2.94. The number of carboxylic acid groups (broad SMARTS) is 1. The van der Waals surface area contributed by atoms with E-state index >= 15 is 0 Å². The van der Waals surface area contributed by atoms with Crippen molar-refractivity contribution >= 4 is 70.9 Å². The van der Waals surface area contributed by atoms with Crippen LogP contribution in [0.1, 0.15) is 37.6 Å². The van der Waals surface area contributed by atoms with Crippen LogP contribution < -0.4 is 15.3 Å². The van der Waals surface area contributed by atoms with Gasteiger partial charge >= 0.3 is 8.80 Å². The first-order chi connectivity index (χ1) is 19.3. The number of carbonyl (C=O) groups is 1. The molecule has 0 amide bonds. The summed E-state index contributed by atoms with van der Waals surface area (Å²) in [6, 6.07) is 14.1. The zero-order chi connectivity index (χ0) is 28.9. The first kappa shape index (κ1) is 30.9. The highest BCUT2D eigenvalue weighted by molar-refractivity contribution is 14.1. The summed E-state index contributed by atoms with van der Waals surface area (Å²) in [5, 5.41) is 12.7. The Kier molecular flexibility index (Phi) is 10.6. The Morgan fingerprint density at radius 2 is 1.57 bits per heavy atom. The number of rotatable bonds is 13. The molecule has 0 unspecified atom stereocenters. The lowest BCUT2D eigenvalue weighted by atomic mass is 9.91. The predicted octanol–water partition coefficient (Wildman–Crippen LogP) is 5.95. The van der Waals surface area contributed by atoms with Gasteiger partial charge in [-0.05, 0) is 102 Å². The van der Waals surface area contributed by atoms with Crippen molar-refractivity contribution in [2.45, 2.75) is 33.2 Å². The summed E-state index contributed by atoms with van der Waals surface area (Å²) in [4.78, 5) is 24.5. The van der Waals surface area contributed by atoms with E-state index in [1.807, 2.05) is 55.5 Å². The van der Waals surface area contributed by atoms with Crippen molar-refractivity contribution in [3.05, 3.63) is 71.5 Å². The third-order valence-electron chi connectivity index (χ3n) is 6.26. The molecular formula is C29H29I2O8Si-. The summed E-state index contributed by atoms with van der Waals surface area (Å²) in [5.41, 5.74) is 2.15. The molecule has 2 aliphatic rings. The summed E-state index contributed by atoms with van der Waals surface area (Å²) < 4.78 is 31.4. The van der Waals surface area contributed by atoms with Crippen molar-refractivity contribution in [1.29, 1.82) is 0 Å². The lowest BCUT2D eigenvalue weighted by molar-refractivity contribution is -0.254. The van der Waals surface area contributed by atoms with Gasteiger partial charge in [-0.15, -0.1) is 0 Å². The highest BCUT2D eigenvalue weighted by Gasteiger charge is 2.39. The van der Waals surface area contributed by atoms with E-state index in [-0.39, 0.29) is 11.0 Å². The van der Waals surface area contributed by atoms with Crippen molar-refractivity contribution in [3.63, 3.8) is 0 Å². The SMILES string of the molecule is CCO[Si](CCCOc1ccc2c(-c3ccccc3C(=O)[O-])c3ccc(=O)c(I)c-3oc2c1I)(OCC)OCC. The molecule has 0 saturated heterocycles. The number of hydrogen-bond acceptors (Lipinski definition) is 8. The molecule has 8 nitrogen and oxygen atoms in total. The van der Waals surface area contributed by atoms with Crippen LogP contribution in [-0.4, -0.2) is 41.2 Å². The normalized spacial score (nSPS) is 11.8. The van der Waals surface area contributed by atoms with Gasteiger partial charge in [-0.3, -0.25) is 4.79 Å². The molecule has 0 fully saturated rings. The molecule has 0 bridgehead atoms. The second-order valence-electron chi connectivity index (χ2n) is 8.75. The van der Waals surface area contributed by atoms with Gasteiger partial charge in [0.05, 0.1) is 16.1 Å². The van der Waals surface area contributed by atoms with Crippen LogP contribution in [-0.2, 0) is 13.3 Å². The van der Waals surface area contributed by atoms with Gasteiger partial charge in [0.1, 0.15) is 9.32 Å². The van der Waals surface area contributed by atoms with Crippen molar-refractivity contribution in [2.24, 2.45) is 0 Å². The second-order valence-corrected chi connectivity index (χ2v) is 13.6. The first-order valence-electron chi connectivity index (χ1n) is 13.0. The van der Waals surface area contributed by atoms with Crippen molar-refractivity contribution in [1.82, 2.24) is 0 Å². The fourth-order valence-corrected chi connectivity index (χ4v) is 8.57. The maximum absolute atomic E-state index is 12.5. The van der Waals surface area contributed by atoms with Crippen LogP contribution >= 0.6 is 45.2 Å². The monoisotopic (exact) mass is 787 g/mol. The smallest absolute Gasteiger partial charge is 0.501 e. The molecule has 0 aromatic heterocycles. The molecule has 1 heterocycles. The average molecular weight is 787 g/mol. The van der Waals surface area contributed by atoms with Crippen LogP contribution in [0.25, 0.3) is 33.4 Å². The minimum Gasteiger partial charge on any atom is -0.545 e. The van der Waals surface area contributed by atoms with Gasteiger partial charge in [-0.2, -0.15) is 0 Å². The van der Waals surface area contributed by atoms with Crippen LogP contribution in [0.5, 0.6) is 5.75 Å². The van der Waals surface area contributed by atoms with Crippen LogP contribution in [0.15, 0.2) is 57.7 Å². The Bertz CT molecular complexity index is 1520. The van der Waals surface area contributed by atoms with E-state index in [1.54, 1.807) is 24.3 Å². The Morgan fingerprint density at radius 3 is 2.23 bits per heavy atom. The van der Waals surface area contributed by atoms with Gasteiger partial charge in [0.2, 0.25) is 0 Å². The highest BCUT2D eigenvalue weighted by Crippen LogP contribution is 2.45. The molecule has 40 heavy (non-hydrogen) atoms. The van der Waals surface area contributed by atoms with E-state index in [0.29, 0.717) is 85.2 Å². The Hall–Kier alpha value is -2.04. The summed E-state index contributed by atoms with van der Waals surface area (Å²) in [6.07, 6.45) is 0.664. The number of aromatic carboxylic acids is 1. The number of ether oxygens (including phenoxy) is 1. The van der Waals surface area contributed by atoms with Crippen molar-refractivity contribution in [3.8, 4) is 28.2 Å². The molecule has 0 atom stereocenters. The van der Waals surface area contributed by atoms with E-state index in [9.17, 15) is 14.7 Å². The molecule has 11 heteroatoms. The van der Waals surface area contributed by atoms with Gasteiger partial charge in [-0.25, -0.2) is 0 Å². The van der Waals surface area contributed by atoms with Crippen molar-refractivity contribution in [2.75, 3.05) is 26.4 Å². The number of benzene rings is 3. The van der Waals surface area contributed by atoms with Crippen LogP contribution in [0.3, 0.4) is 0 Å². The second kappa shape index (κ2) is 13.7. The molecule has 1 aliphatic carbocycles. The van der Waals surface area contributed by atoms with E-state index < -0.39 is 14.8 Å². The van der Waals surface area contributed by atoms with E-state index in [1.165, 1.54) is 12.1 Å². The summed E-state index contributed by atoms with van der Waals surface area (Å²) in [6.45, 7) is 7.72. The largest absolute Gasteiger partial charge is 0.545 e. The Balaban J connectivity index is 1.75. The van der Waals surface area contributed by atoms with E-state index in [2.05, 4.69) is 22.6 Å². The number of carbonyl (C=O) groups excluding carboxylic acids is 1. The molecule has 1 aliphatic heterocycles. The van der Waals surface area contributed by atoms with E-state index in [4.69, 9.17) is 22.4 Å². The Morgan fingerprint density at radius 1 is 0.900 bits per heavy atom. The highest BCUT2D eigenvalue weighted by atomic mass is 127. The van der Waals surface area contributed by atoms with Crippen LogP contribution in [0, 0.1) is 7.14 Å². The van der Waals surface area contributed by atoms with Gasteiger partial charge in [-0.1, -0.05) is 24.3 Å². The van der Waals surface area contributed by atoms with Gasteiger partial charge in [0.15, 0.2) is 16.8 Å². The maximum Gasteiger partial charge on any atom is 0.501 e. The number of halogens is 2. The van der Waals surface area contributed by atoms with Crippen LogP contribution in [0.4, 0.5) is 0 Å². The summed E-state index contributed by atoms with van der Waals surface area (Å²) >= 11 is 4.13. The van der Waals surface area contributed by atoms with Gasteiger partial charge in [0.25, 0.3) is 0 Å². The third kappa shape index (κ3) is 6.38. The quantitative estimate of drug-likeness (QED) is 0.0709. The van der Waals surface area contributed by atoms with E-state index in [0.717, 1.165) is 0 Å². The lowest BCUT2D eigenvalue weighted by Gasteiger charge is -2.28. The number of carboxylic acids is 1. The summed E-state index contributed by atoms with van der Waals surface area (Å²) in [5.74, 6) is -0.284. The standard InChI is InChI=1S/C29H30I2O8Si/c1-4-36-40(37-5-2,38-6-3)17-9-16-35-23-15-13-21-24(18-10-7-8-11-19(18)29(33)34)20-12-14-22(32)25(30)27(20)39-28(21)26(23)31/h7-8,10-15H,4-6,9,16-17H2,1-3H3,(H,33,34)/p-1. The molecular weight excluding hydrogens is 758 g/mol. The minimum atomic E-state index is -2.78. The predicted molar refractivity (Wildman–Crippen MR) is 170 cm³/mol. The first-order valence-corrected chi connectivity index (χ1v) is 17.1. The zero-order valence-electron chi connectivity index (χ0n) is 22.4. The summed E-state index contributed by atoms with van der Waals surface area (Å²) in [7, 11) is -2.78. The third-order valence-corrected chi connectivity index (χ3v) is 11.5. The molecule has 0 N–H and O–H groups in total. The zero-order valence-corrected chi connectivity index (χ0v) is 27.7. The molecule has 0 spiro atoms.